The zero-order valence-corrected chi connectivity index (χ0v) is 13.1. The number of aromatic nitrogens is 4. The quantitative estimate of drug-likeness (QED) is 0.766. The van der Waals surface area contributed by atoms with Crippen LogP contribution in [0.5, 0.6) is 0 Å². The summed E-state index contributed by atoms with van der Waals surface area (Å²) in [5.74, 6) is 0.0293. The second kappa shape index (κ2) is 5.34. The fourth-order valence-corrected chi connectivity index (χ4v) is 2.98. The Morgan fingerprint density at radius 3 is 3.04 bits per heavy atom. The maximum Gasteiger partial charge on any atom is 0.259 e. The monoisotopic (exact) mass is 331 g/mol. The number of rotatable bonds is 4. The Morgan fingerprint density at radius 1 is 1.52 bits per heavy atom. The largest absolute Gasteiger partial charge is 0.346 e. The lowest BCUT2D eigenvalue weighted by atomic mass is 10.1. The number of carbonyl (C=O) groups excluding carboxylic acids is 1. The van der Waals surface area contributed by atoms with Gasteiger partial charge in [0.15, 0.2) is 0 Å². The summed E-state index contributed by atoms with van der Waals surface area (Å²) in [6.45, 7) is 2.11. The minimum absolute atomic E-state index is 0.273. The van der Waals surface area contributed by atoms with Crippen molar-refractivity contribution >= 4 is 28.6 Å². The van der Waals surface area contributed by atoms with Gasteiger partial charge < -0.3 is 9.84 Å². The summed E-state index contributed by atoms with van der Waals surface area (Å²) in [4.78, 5) is 17.1. The van der Waals surface area contributed by atoms with E-state index in [1.165, 1.54) is 0 Å². The molecule has 0 spiro atoms. The normalized spacial score (nSPS) is 14.3. The molecule has 0 radical (unpaired) electrons. The molecule has 0 atom stereocenters. The highest BCUT2D eigenvalue weighted by Gasteiger charge is 2.32. The molecule has 118 valence electrons. The van der Waals surface area contributed by atoms with Crippen molar-refractivity contribution in [3.05, 3.63) is 39.9 Å². The van der Waals surface area contributed by atoms with Crippen molar-refractivity contribution < 1.29 is 9.32 Å². The minimum atomic E-state index is -0.273. The third-order valence-electron chi connectivity index (χ3n) is 3.95. The van der Waals surface area contributed by atoms with Gasteiger partial charge in [0, 0.05) is 12.1 Å². The SMILES string of the molecule is Cc1noc2nc(C3CC3)c(Cl)c(C(=O)NCc3ccn[nH]3)c12. The number of fused-ring (bicyclic) bond motifs is 1. The van der Waals surface area contributed by atoms with Crippen molar-refractivity contribution in [3.63, 3.8) is 0 Å². The first kappa shape index (κ1) is 14.2. The van der Waals surface area contributed by atoms with E-state index in [4.69, 9.17) is 16.1 Å². The predicted molar refractivity (Wildman–Crippen MR) is 83.3 cm³/mol. The number of hydrogen-bond acceptors (Lipinski definition) is 5. The molecule has 0 aromatic carbocycles. The van der Waals surface area contributed by atoms with Crippen LogP contribution in [-0.4, -0.2) is 26.2 Å². The first-order valence-electron chi connectivity index (χ1n) is 7.37. The van der Waals surface area contributed by atoms with Gasteiger partial charge in [-0.15, -0.1) is 0 Å². The van der Waals surface area contributed by atoms with E-state index in [0.29, 0.717) is 39.8 Å². The van der Waals surface area contributed by atoms with Crippen molar-refractivity contribution in [3.8, 4) is 0 Å². The highest BCUT2D eigenvalue weighted by molar-refractivity contribution is 6.36. The van der Waals surface area contributed by atoms with Crippen molar-refractivity contribution in [2.45, 2.75) is 32.2 Å². The molecule has 2 N–H and O–H groups in total. The molecule has 23 heavy (non-hydrogen) atoms. The Hall–Kier alpha value is -2.41. The van der Waals surface area contributed by atoms with Gasteiger partial charge in [-0.2, -0.15) is 5.10 Å². The molecule has 1 saturated carbocycles. The van der Waals surface area contributed by atoms with E-state index in [0.717, 1.165) is 24.2 Å². The molecule has 3 aromatic rings. The summed E-state index contributed by atoms with van der Waals surface area (Å²) < 4.78 is 5.25. The second-order valence-electron chi connectivity index (χ2n) is 5.67. The second-order valence-corrected chi connectivity index (χ2v) is 6.05. The topological polar surface area (TPSA) is 96.7 Å². The van der Waals surface area contributed by atoms with Crippen LogP contribution in [0.4, 0.5) is 0 Å². The molecular formula is C15H14ClN5O2. The van der Waals surface area contributed by atoms with Crippen LogP contribution in [0.2, 0.25) is 5.02 Å². The Bertz CT molecular complexity index is 883. The lowest BCUT2D eigenvalue weighted by Gasteiger charge is -2.10. The molecule has 0 aliphatic heterocycles. The van der Waals surface area contributed by atoms with E-state index in [-0.39, 0.29) is 5.91 Å². The van der Waals surface area contributed by atoms with Crippen LogP contribution in [-0.2, 0) is 6.54 Å². The number of nitrogens with zero attached hydrogens (tertiary/aromatic N) is 3. The lowest BCUT2D eigenvalue weighted by molar-refractivity contribution is 0.0952. The summed E-state index contributed by atoms with van der Waals surface area (Å²) in [5, 5.41) is 14.4. The molecule has 1 fully saturated rings. The molecule has 0 unspecified atom stereocenters. The van der Waals surface area contributed by atoms with Crippen LogP contribution in [0.15, 0.2) is 16.8 Å². The lowest BCUT2D eigenvalue weighted by Crippen LogP contribution is -2.24. The van der Waals surface area contributed by atoms with Gasteiger partial charge in [-0.25, -0.2) is 4.98 Å². The number of H-pyrrole nitrogens is 1. The predicted octanol–water partition coefficient (Wildman–Crippen LogP) is 2.72. The highest BCUT2D eigenvalue weighted by atomic mass is 35.5. The maximum atomic E-state index is 12.7. The molecule has 1 amide bonds. The Labute approximate surface area is 136 Å². The number of aryl methyl sites for hydroxylation is 1. The third kappa shape index (κ3) is 2.46. The van der Waals surface area contributed by atoms with Crippen LogP contribution in [0.1, 0.15) is 46.2 Å². The molecule has 0 bridgehead atoms. The van der Waals surface area contributed by atoms with Crippen molar-refractivity contribution in [2.75, 3.05) is 0 Å². The summed E-state index contributed by atoms with van der Waals surface area (Å²) in [6, 6.07) is 1.80. The van der Waals surface area contributed by atoms with E-state index in [1.54, 1.807) is 19.2 Å². The third-order valence-corrected chi connectivity index (χ3v) is 4.33. The first-order chi connectivity index (χ1) is 11.1. The summed E-state index contributed by atoms with van der Waals surface area (Å²) in [7, 11) is 0. The maximum absolute atomic E-state index is 12.7. The highest BCUT2D eigenvalue weighted by Crippen LogP contribution is 2.44. The molecule has 3 aromatic heterocycles. The van der Waals surface area contributed by atoms with Crippen molar-refractivity contribution in [2.24, 2.45) is 0 Å². The number of hydrogen-bond donors (Lipinski definition) is 2. The number of halogens is 1. The van der Waals surface area contributed by atoms with E-state index >= 15 is 0 Å². The van der Waals surface area contributed by atoms with Gasteiger partial charge in [0.05, 0.1) is 39.6 Å². The number of nitrogens with one attached hydrogen (secondary N) is 2. The van der Waals surface area contributed by atoms with Gasteiger partial charge in [0.2, 0.25) is 0 Å². The van der Waals surface area contributed by atoms with E-state index < -0.39 is 0 Å². The molecule has 3 heterocycles. The van der Waals surface area contributed by atoms with Gasteiger partial charge >= 0.3 is 0 Å². The molecule has 1 aliphatic carbocycles. The van der Waals surface area contributed by atoms with Crippen LogP contribution >= 0.6 is 11.6 Å². The molecule has 7 nitrogen and oxygen atoms in total. The van der Waals surface area contributed by atoms with Gasteiger partial charge in [-0.05, 0) is 25.8 Å². The summed E-state index contributed by atoms with van der Waals surface area (Å²) >= 11 is 6.49. The molecule has 0 saturated heterocycles. The van der Waals surface area contributed by atoms with Crippen LogP contribution in [0.25, 0.3) is 11.1 Å². The minimum Gasteiger partial charge on any atom is -0.346 e. The van der Waals surface area contributed by atoms with Gasteiger partial charge in [0.1, 0.15) is 0 Å². The molecule has 4 rings (SSSR count). The number of aromatic amines is 1. The fraction of sp³-hybridized carbons (Fsp3) is 0.333. The van der Waals surface area contributed by atoms with Gasteiger partial charge in [0.25, 0.3) is 11.6 Å². The van der Waals surface area contributed by atoms with Gasteiger partial charge in [-0.3, -0.25) is 9.89 Å². The van der Waals surface area contributed by atoms with Crippen LogP contribution in [0, 0.1) is 6.92 Å². The van der Waals surface area contributed by atoms with E-state index in [9.17, 15) is 4.79 Å². The summed E-state index contributed by atoms with van der Waals surface area (Å²) in [5.41, 5.74) is 2.88. The molecule has 1 aliphatic rings. The average Bonchev–Trinajstić information content (AvgIpc) is 3.13. The zero-order valence-electron chi connectivity index (χ0n) is 12.4. The standard InChI is InChI=1S/C15H14ClN5O2/c1-7-10-11(14(22)17-6-9-4-5-18-20-9)12(16)13(8-2-3-8)19-15(10)23-21-7/h4-5,8H,2-3,6H2,1H3,(H,17,22)(H,18,20). The van der Waals surface area contributed by atoms with Gasteiger partial charge in [-0.1, -0.05) is 16.8 Å². The zero-order chi connectivity index (χ0) is 16.0. The number of amides is 1. The molecular weight excluding hydrogens is 318 g/mol. The Morgan fingerprint density at radius 2 is 2.35 bits per heavy atom. The van der Waals surface area contributed by atoms with E-state index in [2.05, 4.69) is 25.7 Å². The first-order valence-corrected chi connectivity index (χ1v) is 7.74. The van der Waals surface area contributed by atoms with Crippen LogP contribution < -0.4 is 5.32 Å². The summed E-state index contributed by atoms with van der Waals surface area (Å²) in [6.07, 6.45) is 3.69. The van der Waals surface area contributed by atoms with Crippen LogP contribution in [0.3, 0.4) is 0 Å². The van der Waals surface area contributed by atoms with E-state index in [1.807, 2.05) is 0 Å². The molecule has 8 heteroatoms. The fourth-order valence-electron chi connectivity index (χ4n) is 2.61. The number of carbonyl (C=O) groups is 1. The Balaban J connectivity index is 1.75. The van der Waals surface area contributed by atoms with Crippen molar-refractivity contribution in [1.82, 2.24) is 25.7 Å². The number of pyridine rings is 1. The smallest absolute Gasteiger partial charge is 0.259 e. The van der Waals surface area contributed by atoms with Crippen molar-refractivity contribution in [1.29, 1.82) is 0 Å². The Kier molecular flexibility index (Phi) is 3.30. The average molecular weight is 332 g/mol.